The number of aliphatic hydroxyl groups excluding tert-OH is 1. The molecule has 180 valence electrons. The van der Waals surface area contributed by atoms with Crippen LogP contribution >= 0.6 is 0 Å². The van der Waals surface area contributed by atoms with E-state index in [-0.39, 0.29) is 17.4 Å². The fourth-order valence-electron chi connectivity index (χ4n) is 5.35. The van der Waals surface area contributed by atoms with Crippen LogP contribution in [0.3, 0.4) is 0 Å². The van der Waals surface area contributed by atoms with Crippen molar-refractivity contribution >= 4 is 0 Å². The van der Waals surface area contributed by atoms with E-state index in [9.17, 15) is 5.11 Å². The minimum absolute atomic E-state index is 0.212. The fraction of sp³-hybridized carbons (Fsp3) is 0.571. The Balaban J connectivity index is 1.43. The maximum atomic E-state index is 10.8. The van der Waals surface area contributed by atoms with Crippen LogP contribution in [0.4, 0.5) is 0 Å². The van der Waals surface area contributed by atoms with Crippen molar-refractivity contribution in [3.63, 3.8) is 0 Å². The lowest BCUT2D eigenvalue weighted by atomic mass is 9.72. The van der Waals surface area contributed by atoms with Gasteiger partial charge in [-0.3, -0.25) is 4.90 Å². The smallest absolute Gasteiger partial charge is 0.161 e. The number of likely N-dealkylation sites (tertiary alicyclic amines) is 1. The maximum absolute atomic E-state index is 10.8. The van der Waals surface area contributed by atoms with E-state index in [1.165, 1.54) is 24.0 Å². The molecular weight excluding hydrogens is 414 g/mol. The van der Waals surface area contributed by atoms with Gasteiger partial charge in [0.05, 0.1) is 32.5 Å². The number of ether oxygens (including phenoxy) is 3. The van der Waals surface area contributed by atoms with Crippen molar-refractivity contribution in [3.8, 4) is 11.5 Å². The highest BCUT2D eigenvalue weighted by Crippen LogP contribution is 2.47. The summed E-state index contributed by atoms with van der Waals surface area (Å²) in [7, 11) is 1.70. The molecule has 4 rings (SSSR count). The summed E-state index contributed by atoms with van der Waals surface area (Å²) in [6, 6.07) is 16.6. The summed E-state index contributed by atoms with van der Waals surface area (Å²) in [5, 5.41) is 10.8. The van der Waals surface area contributed by atoms with E-state index in [0.717, 1.165) is 44.0 Å². The molecule has 2 aliphatic rings. The van der Waals surface area contributed by atoms with E-state index >= 15 is 0 Å². The van der Waals surface area contributed by atoms with Crippen LogP contribution in [0.1, 0.15) is 56.6 Å². The summed E-state index contributed by atoms with van der Waals surface area (Å²) in [4.78, 5) is 2.42. The Bertz CT molecular complexity index is 881. The molecule has 33 heavy (non-hydrogen) atoms. The van der Waals surface area contributed by atoms with Crippen molar-refractivity contribution in [2.45, 2.75) is 64.3 Å². The number of nitrogens with zero attached hydrogens (tertiary/aromatic N) is 1. The third-order valence-corrected chi connectivity index (χ3v) is 7.60. The average molecular weight is 454 g/mol. The van der Waals surface area contributed by atoms with E-state index in [2.05, 4.69) is 36.1 Å². The van der Waals surface area contributed by atoms with Crippen LogP contribution in [0.25, 0.3) is 0 Å². The molecule has 5 nitrogen and oxygen atoms in total. The van der Waals surface area contributed by atoms with Crippen molar-refractivity contribution in [2.24, 2.45) is 5.41 Å². The normalized spacial score (nSPS) is 24.8. The number of rotatable bonds is 10. The van der Waals surface area contributed by atoms with Crippen LogP contribution in [0.2, 0.25) is 0 Å². The van der Waals surface area contributed by atoms with Crippen molar-refractivity contribution in [3.05, 3.63) is 59.7 Å². The van der Waals surface area contributed by atoms with Crippen molar-refractivity contribution in [2.75, 3.05) is 33.4 Å². The molecule has 2 fully saturated rings. The second kappa shape index (κ2) is 10.9. The first-order chi connectivity index (χ1) is 16.0. The number of hydrogen-bond donors (Lipinski definition) is 1. The summed E-state index contributed by atoms with van der Waals surface area (Å²) < 4.78 is 17.9. The Morgan fingerprint density at radius 2 is 1.85 bits per heavy atom. The Morgan fingerprint density at radius 3 is 2.55 bits per heavy atom. The van der Waals surface area contributed by atoms with Crippen LogP contribution in [0.5, 0.6) is 11.5 Å². The summed E-state index contributed by atoms with van der Waals surface area (Å²) in [5.74, 6) is 1.83. The van der Waals surface area contributed by atoms with Gasteiger partial charge < -0.3 is 19.3 Å². The third-order valence-electron chi connectivity index (χ3n) is 7.60. The van der Waals surface area contributed by atoms with Gasteiger partial charge in [-0.2, -0.15) is 0 Å². The lowest BCUT2D eigenvalue weighted by molar-refractivity contribution is 0.0434. The fourth-order valence-corrected chi connectivity index (χ4v) is 5.35. The number of aliphatic hydroxyl groups is 1. The van der Waals surface area contributed by atoms with Crippen molar-refractivity contribution < 1.29 is 19.3 Å². The highest BCUT2D eigenvalue weighted by Gasteiger charge is 2.46. The van der Waals surface area contributed by atoms with Crippen LogP contribution in [-0.2, 0) is 11.3 Å². The number of benzene rings is 2. The lowest BCUT2D eigenvalue weighted by Crippen LogP contribution is -2.37. The van der Waals surface area contributed by atoms with E-state index in [0.29, 0.717) is 13.2 Å². The molecule has 1 N–H and O–H groups in total. The molecule has 1 saturated heterocycles. The molecule has 0 amide bonds. The number of hydrogen-bond acceptors (Lipinski definition) is 5. The molecule has 0 aromatic heterocycles. The zero-order valence-corrected chi connectivity index (χ0v) is 20.3. The molecule has 1 saturated carbocycles. The Labute approximate surface area is 198 Å². The van der Waals surface area contributed by atoms with Crippen molar-refractivity contribution in [1.29, 1.82) is 0 Å². The first kappa shape index (κ1) is 24.1. The molecule has 3 atom stereocenters. The zero-order chi connectivity index (χ0) is 23.3. The summed E-state index contributed by atoms with van der Waals surface area (Å²) in [6.07, 6.45) is 4.55. The van der Waals surface area contributed by atoms with Gasteiger partial charge in [-0.05, 0) is 55.9 Å². The van der Waals surface area contributed by atoms with Gasteiger partial charge in [-0.1, -0.05) is 43.3 Å². The van der Waals surface area contributed by atoms with Crippen LogP contribution in [-0.4, -0.2) is 55.6 Å². The van der Waals surface area contributed by atoms with Gasteiger partial charge in [-0.15, -0.1) is 0 Å². The first-order valence-corrected chi connectivity index (χ1v) is 12.4. The predicted octanol–water partition coefficient (Wildman–Crippen LogP) is 5.02. The highest BCUT2D eigenvalue weighted by atomic mass is 16.5. The lowest BCUT2D eigenvalue weighted by Gasteiger charge is -2.34. The summed E-state index contributed by atoms with van der Waals surface area (Å²) in [6.45, 7) is 8.02. The highest BCUT2D eigenvalue weighted by molar-refractivity contribution is 5.45. The SMILES string of the molecule is COc1ccc([C@@H]2CN(CCOCc3ccccc3)C[C@@]2(C)[C@@H](C)O)cc1OC1CCCC1. The quantitative estimate of drug-likeness (QED) is 0.512. The Morgan fingerprint density at radius 1 is 1.09 bits per heavy atom. The molecule has 1 heterocycles. The third kappa shape index (κ3) is 5.71. The molecule has 2 aromatic rings. The monoisotopic (exact) mass is 453 g/mol. The average Bonchev–Trinajstić information content (AvgIpc) is 3.45. The molecule has 5 heteroatoms. The van der Waals surface area contributed by atoms with Gasteiger partial charge in [0.2, 0.25) is 0 Å². The Hall–Kier alpha value is -2.08. The molecule has 0 radical (unpaired) electrons. The predicted molar refractivity (Wildman–Crippen MR) is 131 cm³/mol. The van der Waals surface area contributed by atoms with Crippen molar-refractivity contribution in [1.82, 2.24) is 4.90 Å². The van der Waals surface area contributed by atoms with Gasteiger partial charge in [0.25, 0.3) is 0 Å². The van der Waals surface area contributed by atoms with Crippen LogP contribution in [0, 0.1) is 5.41 Å². The summed E-state index contributed by atoms with van der Waals surface area (Å²) >= 11 is 0. The standard InChI is InChI=1S/C28H39NO4/c1-21(30)28(2)20-29(15-16-32-19-22-9-5-4-6-10-22)18-25(28)23-13-14-26(31-3)27(17-23)33-24-11-7-8-12-24/h4-6,9-10,13-14,17,21,24-25,30H,7-8,11-12,15-16,18-20H2,1-3H3/t21-,25+,28+/m1/s1. The van der Waals surface area contributed by atoms with E-state index in [1.54, 1.807) is 7.11 Å². The molecule has 1 aliphatic carbocycles. The van der Waals surface area contributed by atoms with Gasteiger partial charge in [0, 0.05) is 31.0 Å². The minimum Gasteiger partial charge on any atom is -0.493 e. The maximum Gasteiger partial charge on any atom is 0.161 e. The van der Waals surface area contributed by atoms with Gasteiger partial charge in [-0.25, -0.2) is 0 Å². The van der Waals surface area contributed by atoms with Gasteiger partial charge >= 0.3 is 0 Å². The van der Waals surface area contributed by atoms with Gasteiger partial charge in [0.1, 0.15) is 0 Å². The molecule has 0 spiro atoms. The molecule has 2 aromatic carbocycles. The number of methoxy groups -OCH3 is 1. The summed E-state index contributed by atoms with van der Waals surface area (Å²) in [5.41, 5.74) is 2.16. The Kier molecular flexibility index (Phi) is 7.94. The van der Waals surface area contributed by atoms with E-state index in [1.807, 2.05) is 31.2 Å². The van der Waals surface area contributed by atoms with E-state index < -0.39 is 6.10 Å². The molecular formula is C28H39NO4. The second-order valence-corrected chi connectivity index (χ2v) is 9.94. The first-order valence-electron chi connectivity index (χ1n) is 12.4. The zero-order valence-electron chi connectivity index (χ0n) is 20.3. The minimum atomic E-state index is -0.418. The van der Waals surface area contributed by atoms with Crippen LogP contribution in [0.15, 0.2) is 48.5 Å². The van der Waals surface area contributed by atoms with Gasteiger partial charge in [0.15, 0.2) is 11.5 Å². The largest absolute Gasteiger partial charge is 0.493 e. The molecule has 0 bridgehead atoms. The molecule has 0 unspecified atom stereocenters. The molecule has 1 aliphatic heterocycles. The van der Waals surface area contributed by atoms with E-state index in [4.69, 9.17) is 14.2 Å². The topological polar surface area (TPSA) is 51.2 Å². The van der Waals surface area contributed by atoms with Crippen LogP contribution < -0.4 is 9.47 Å². The second-order valence-electron chi connectivity index (χ2n) is 9.94.